The van der Waals surface area contributed by atoms with Gasteiger partial charge in [0, 0.05) is 67.6 Å². The van der Waals surface area contributed by atoms with Gasteiger partial charge in [0.2, 0.25) is 0 Å². The lowest BCUT2D eigenvalue weighted by atomic mass is 10.0. The summed E-state index contributed by atoms with van der Waals surface area (Å²) < 4.78 is 38.9. The molecule has 0 bridgehead atoms. The molecule has 2 fully saturated rings. The summed E-state index contributed by atoms with van der Waals surface area (Å²) >= 11 is 0. The highest BCUT2D eigenvalue weighted by Gasteiger charge is 2.42. The second kappa shape index (κ2) is 9.63. The second-order valence-corrected chi connectivity index (χ2v) is 8.28. The van der Waals surface area contributed by atoms with E-state index in [9.17, 15) is 8.78 Å². The number of halogens is 2. The Bertz CT molecular complexity index is 934. The van der Waals surface area contributed by atoms with Gasteiger partial charge < -0.3 is 25.0 Å². The third-order valence-electron chi connectivity index (χ3n) is 6.24. The van der Waals surface area contributed by atoms with E-state index in [0.29, 0.717) is 12.4 Å². The Hall–Kier alpha value is -3.03. The van der Waals surface area contributed by atoms with Gasteiger partial charge in [0.1, 0.15) is 23.1 Å². The predicted octanol–water partition coefficient (Wildman–Crippen LogP) is 3.67. The number of hydrogen-bond acceptors (Lipinski definition) is 4. The Morgan fingerprint density at radius 3 is 2.19 bits per heavy atom. The molecule has 172 valence electrons. The zero-order valence-electron chi connectivity index (χ0n) is 18.7. The number of hydrogen-bond donors (Lipinski definition) is 2. The monoisotopic (exact) mass is 444 g/mol. The van der Waals surface area contributed by atoms with E-state index in [4.69, 9.17) is 9.47 Å². The number of guanidine groups is 1. The fourth-order valence-corrected chi connectivity index (χ4v) is 4.34. The SMILES string of the molecule is CN=C(NC1CCN(c2cc(OC)cc(OC)c2)CC1)NC1CC1c1c(F)cccc1F. The zero-order chi connectivity index (χ0) is 22.7. The van der Waals surface area contributed by atoms with Gasteiger partial charge in [0.25, 0.3) is 0 Å². The number of nitrogens with zero attached hydrogens (tertiary/aromatic N) is 2. The summed E-state index contributed by atoms with van der Waals surface area (Å²) in [6.45, 7) is 1.77. The molecular formula is C24H30F2N4O2. The lowest BCUT2D eigenvalue weighted by molar-refractivity contribution is 0.393. The Morgan fingerprint density at radius 2 is 1.62 bits per heavy atom. The van der Waals surface area contributed by atoms with Crippen molar-refractivity contribution < 1.29 is 18.3 Å². The Kier molecular flexibility index (Phi) is 6.67. The lowest BCUT2D eigenvalue weighted by Crippen LogP contribution is -2.49. The first-order valence-electron chi connectivity index (χ1n) is 10.9. The third-order valence-corrected chi connectivity index (χ3v) is 6.24. The number of nitrogens with one attached hydrogen (secondary N) is 2. The van der Waals surface area contributed by atoms with Gasteiger partial charge in [-0.15, -0.1) is 0 Å². The lowest BCUT2D eigenvalue weighted by Gasteiger charge is -2.34. The number of benzene rings is 2. The van der Waals surface area contributed by atoms with Crippen LogP contribution >= 0.6 is 0 Å². The van der Waals surface area contributed by atoms with Crippen LogP contribution in [-0.4, -0.2) is 52.4 Å². The number of aliphatic imine (C=N–C) groups is 1. The molecular weight excluding hydrogens is 414 g/mol. The van der Waals surface area contributed by atoms with Gasteiger partial charge in [-0.25, -0.2) is 8.78 Å². The maximum Gasteiger partial charge on any atom is 0.191 e. The molecule has 0 aromatic heterocycles. The molecule has 1 saturated carbocycles. The molecule has 4 rings (SSSR count). The van der Waals surface area contributed by atoms with Gasteiger partial charge in [-0.2, -0.15) is 0 Å². The maximum absolute atomic E-state index is 14.0. The zero-order valence-corrected chi connectivity index (χ0v) is 18.7. The molecule has 1 aliphatic carbocycles. The summed E-state index contributed by atoms with van der Waals surface area (Å²) in [4.78, 5) is 6.63. The smallest absolute Gasteiger partial charge is 0.191 e. The average molecular weight is 445 g/mol. The first-order chi connectivity index (χ1) is 15.5. The summed E-state index contributed by atoms with van der Waals surface area (Å²) in [5.41, 5.74) is 1.25. The first kappa shape index (κ1) is 22.2. The highest BCUT2D eigenvalue weighted by Crippen LogP contribution is 2.43. The van der Waals surface area contributed by atoms with Gasteiger partial charge in [-0.05, 0) is 31.4 Å². The van der Waals surface area contributed by atoms with Crippen LogP contribution in [0.15, 0.2) is 41.4 Å². The molecule has 6 nitrogen and oxygen atoms in total. The summed E-state index contributed by atoms with van der Waals surface area (Å²) in [5.74, 6) is 1.09. The number of methoxy groups -OCH3 is 2. The van der Waals surface area contributed by atoms with E-state index < -0.39 is 11.6 Å². The third kappa shape index (κ3) is 4.89. The van der Waals surface area contributed by atoms with Gasteiger partial charge >= 0.3 is 0 Å². The predicted molar refractivity (Wildman–Crippen MR) is 122 cm³/mol. The van der Waals surface area contributed by atoms with Crippen LogP contribution in [0, 0.1) is 11.6 Å². The molecule has 2 aromatic carbocycles. The van der Waals surface area contributed by atoms with E-state index in [0.717, 1.165) is 43.1 Å². The molecule has 1 saturated heterocycles. The van der Waals surface area contributed by atoms with Crippen molar-refractivity contribution in [3.8, 4) is 11.5 Å². The average Bonchev–Trinajstić information content (AvgIpc) is 3.56. The molecule has 0 amide bonds. The van der Waals surface area contributed by atoms with Crippen LogP contribution in [0.4, 0.5) is 14.5 Å². The fourth-order valence-electron chi connectivity index (χ4n) is 4.34. The van der Waals surface area contributed by atoms with Crippen LogP contribution in [-0.2, 0) is 0 Å². The molecule has 2 N–H and O–H groups in total. The minimum absolute atomic E-state index is 0.0167. The minimum Gasteiger partial charge on any atom is -0.497 e. The van der Waals surface area contributed by atoms with Crippen LogP contribution in [0.2, 0.25) is 0 Å². The van der Waals surface area contributed by atoms with E-state index in [1.165, 1.54) is 18.2 Å². The molecule has 8 heteroatoms. The minimum atomic E-state index is -0.483. The molecule has 1 aliphatic heterocycles. The first-order valence-corrected chi connectivity index (χ1v) is 10.9. The molecule has 2 atom stereocenters. The number of rotatable bonds is 6. The second-order valence-electron chi connectivity index (χ2n) is 8.28. The Labute approximate surface area is 187 Å². The summed E-state index contributed by atoms with van der Waals surface area (Å²) in [6.07, 6.45) is 2.57. The van der Waals surface area contributed by atoms with Crippen molar-refractivity contribution in [1.29, 1.82) is 0 Å². The van der Waals surface area contributed by atoms with Crippen LogP contribution in [0.5, 0.6) is 11.5 Å². The normalized spacial score (nSPS) is 21.3. The van der Waals surface area contributed by atoms with Gasteiger partial charge in [0.05, 0.1) is 14.2 Å². The highest BCUT2D eigenvalue weighted by molar-refractivity contribution is 5.81. The molecule has 2 aliphatic rings. The van der Waals surface area contributed by atoms with Gasteiger partial charge in [0.15, 0.2) is 5.96 Å². The van der Waals surface area contributed by atoms with Crippen molar-refractivity contribution in [1.82, 2.24) is 10.6 Å². The van der Waals surface area contributed by atoms with E-state index >= 15 is 0 Å². The van der Waals surface area contributed by atoms with Crippen LogP contribution < -0.4 is 25.0 Å². The summed E-state index contributed by atoms with van der Waals surface area (Å²) in [5, 5.41) is 6.79. The van der Waals surface area contributed by atoms with Crippen LogP contribution in [0.3, 0.4) is 0 Å². The molecule has 32 heavy (non-hydrogen) atoms. The Balaban J connectivity index is 1.30. The molecule has 1 heterocycles. The molecule has 0 spiro atoms. The van der Waals surface area contributed by atoms with Crippen molar-refractivity contribution in [3.05, 3.63) is 53.6 Å². The number of anilines is 1. The van der Waals surface area contributed by atoms with Crippen molar-refractivity contribution >= 4 is 11.6 Å². The van der Waals surface area contributed by atoms with Crippen molar-refractivity contribution in [2.45, 2.75) is 37.3 Å². The van der Waals surface area contributed by atoms with Crippen molar-refractivity contribution in [3.63, 3.8) is 0 Å². The highest BCUT2D eigenvalue weighted by atomic mass is 19.1. The van der Waals surface area contributed by atoms with E-state index in [1.807, 2.05) is 18.2 Å². The van der Waals surface area contributed by atoms with Crippen molar-refractivity contribution in [2.75, 3.05) is 39.3 Å². The molecule has 2 unspecified atom stereocenters. The number of ether oxygens (including phenoxy) is 2. The summed E-state index contributed by atoms with van der Waals surface area (Å²) in [6, 6.07) is 10.2. The topological polar surface area (TPSA) is 58.1 Å². The quantitative estimate of drug-likeness (QED) is 0.526. The maximum atomic E-state index is 14.0. The van der Waals surface area contributed by atoms with Crippen LogP contribution in [0.25, 0.3) is 0 Å². The van der Waals surface area contributed by atoms with Crippen LogP contribution in [0.1, 0.15) is 30.7 Å². The standard InChI is InChI=1S/C24H30F2N4O2/c1-27-24(29-22-14-19(22)23-20(25)5-4-6-21(23)26)28-15-7-9-30(10-8-15)16-11-17(31-2)13-18(12-16)32-3/h4-6,11-13,15,19,22H,7-10,14H2,1-3H3,(H2,27,28,29). The molecule has 0 radical (unpaired) electrons. The largest absolute Gasteiger partial charge is 0.497 e. The van der Waals surface area contributed by atoms with E-state index in [2.05, 4.69) is 20.5 Å². The molecule has 2 aromatic rings. The fraction of sp³-hybridized carbons (Fsp3) is 0.458. The van der Waals surface area contributed by atoms with E-state index in [1.54, 1.807) is 21.3 Å². The van der Waals surface area contributed by atoms with Gasteiger partial charge in [-0.3, -0.25) is 4.99 Å². The van der Waals surface area contributed by atoms with Crippen molar-refractivity contribution in [2.24, 2.45) is 4.99 Å². The number of piperidine rings is 1. The van der Waals surface area contributed by atoms with E-state index in [-0.39, 0.29) is 23.6 Å². The van der Waals surface area contributed by atoms with Gasteiger partial charge in [-0.1, -0.05) is 6.07 Å². The Morgan fingerprint density at radius 1 is 1.00 bits per heavy atom. The summed E-state index contributed by atoms with van der Waals surface area (Å²) in [7, 11) is 5.02.